The lowest BCUT2D eigenvalue weighted by atomic mass is 10.1. The molecule has 1 fully saturated rings. The molecule has 0 radical (unpaired) electrons. The molecule has 110 valence electrons. The van der Waals surface area contributed by atoms with E-state index in [1.54, 1.807) is 0 Å². The molecule has 0 saturated carbocycles. The largest absolute Gasteiger partial charge is 0.416 e. The first-order valence-electron chi connectivity index (χ1n) is 5.86. The number of carbonyl (C=O) groups excluding carboxylic acids is 1. The Kier molecular flexibility index (Phi) is 4.36. The molecular weight excluding hydrogens is 341 g/mol. The van der Waals surface area contributed by atoms with Crippen LogP contribution >= 0.6 is 15.9 Å². The second-order valence-corrected chi connectivity index (χ2v) is 5.39. The number of amides is 1. The third kappa shape index (κ3) is 3.50. The molecule has 1 saturated heterocycles. The maximum atomic E-state index is 12.6. The standard InChI is InChI=1S/C12H12BrF3N2O2/c13-8-2-1-6(12(14,15)16)3-9(8)18-11(20)10-4-7(19)5-17-10/h1-3,7,10,17,19H,4-5H2,(H,18,20). The molecule has 2 atom stereocenters. The van der Waals surface area contributed by atoms with E-state index in [0.29, 0.717) is 11.0 Å². The molecule has 0 spiro atoms. The maximum Gasteiger partial charge on any atom is 0.416 e. The van der Waals surface area contributed by atoms with E-state index < -0.39 is 29.8 Å². The molecule has 1 heterocycles. The van der Waals surface area contributed by atoms with Crippen LogP contribution in [0.5, 0.6) is 0 Å². The van der Waals surface area contributed by atoms with Crippen molar-refractivity contribution in [3.63, 3.8) is 0 Å². The monoisotopic (exact) mass is 352 g/mol. The Bertz CT molecular complexity index is 522. The SMILES string of the molecule is O=C(Nc1cc(C(F)(F)F)ccc1Br)C1CC(O)CN1. The molecule has 1 aromatic rings. The number of nitrogens with one attached hydrogen (secondary N) is 2. The van der Waals surface area contributed by atoms with Crippen LogP contribution in [0.25, 0.3) is 0 Å². The topological polar surface area (TPSA) is 61.4 Å². The first-order chi connectivity index (χ1) is 9.27. The number of aliphatic hydroxyl groups excluding tert-OH is 1. The van der Waals surface area contributed by atoms with Crippen LogP contribution in [0.2, 0.25) is 0 Å². The van der Waals surface area contributed by atoms with E-state index >= 15 is 0 Å². The number of anilines is 1. The lowest BCUT2D eigenvalue weighted by molar-refractivity contribution is -0.137. The smallest absolute Gasteiger partial charge is 0.392 e. The number of β-amino-alcohol motifs (C(OH)–C–C–N with tert-alkyl or cyclic N) is 1. The molecule has 0 aromatic heterocycles. The van der Waals surface area contributed by atoms with Crippen molar-refractivity contribution >= 4 is 27.5 Å². The van der Waals surface area contributed by atoms with Gasteiger partial charge in [-0.3, -0.25) is 4.79 Å². The van der Waals surface area contributed by atoms with Crippen molar-refractivity contribution < 1.29 is 23.1 Å². The van der Waals surface area contributed by atoms with E-state index in [-0.39, 0.29) is 12.1 Å². The molecular formula is C12H12BrF3N2O2. The van der Waals surface area contributed by atoms with Crippen molar-refractivity contribution in [2.45, 2.75) is 24.7 Å². The van der Waals surface area contributed by atoms with E-state index in [1.165, 1.54) is 6.07 Å². The van der Waals surface area contributed by atoms with Gasteiger partial charge in [-0.1, -0.05) is 0 Å². The fraction of sp³-hybridized carbons (Fsp3) is 0.417. The van der Waals surface area contributed by atoms with Crippen LogP contribution in [-0.4, -0.2) is 29.7 Å². The van der Waals surface area contributed by atoms with Gasteiger partial charge in [-0.2, -0.15) is 13.2 Å². The second kappa shape index (κ2) is 5.71. The van der Waals surface area contributed by atoms with Gasteiger partial charge in [-0.05, 0) is 40.5 Å². The highest BCUT2D eigenvalue weighted by Gasteiger charge is 2.32. The summed E-state index contributed by atoms with van der Waals surface area (Å²) in [6.45, 7) is 0.293. The highest BCUT2D eigenvalue weighted by Crippen LogP contribution is 2.34. The van der Waals surface area contributed by atoms with Crippen LogP contribution in [0.15, 0.2) is 22.7 Å². The average molecular weight is 353 g/mol. The van der Waals surface area contributed by atoms with Gasteiger partial charge >= 0.3 is 6.18 Å². The molecule has 1 amide bonds. The number of carbonyl (C=O) groups is 1. The predicted octanol–water partition coefficient (Wildman–Crippen LogP) is 2.13. The minimum absolute atomic E-state index is 0.0491. The number of hydrogen-bond acceptors (Lipinski definition) is 3. The van der Waals surface area contributed by atoms with Gasteiger partial charge in [0, 0.05) is 11.0 Å². The molecule has 1 aliphatic heterocycles. The summed E-state index contributed by atoms with van der Waals surface area (Å²) in [6, 6.07) is 2.42. The summed E-state index contributed by atoms with van der Waals surface area (Å²) in [4.78, 5) is 11.9. The molecule has 0 bridgehead atoms. The van der Waals surface area contributed by atoms with E-state index in [9.17, 15) is 23.1 Å². The number of alkyl halides is 3. The Balaban J connectivity index is 2.14. The highest BCUT2D eigenvalue weighted by molar-refractivity contribution is 9.10. The number of hydrogen-bond donors (Lipinski definition) is 3. The normalized spacial score (nSPS) is 22.9. The van der Waals surface area contributed by atoms with Gasteiger partial charge < -0.3 is 15.7 Å². The first-order valence-corrected chi connectivity index (χ1v) is 6.65. The quantitative estimate of drug-likeness (QED) is 0.764. The Hall–Kier alpha value is -1.12. The zero-order chi connectivity index (χ0) is 14.9. The van der Waals surface area contributed by atoms with Crippen molar-refractivity contribution in [2.24, 2.45) is 0 Å². The predicted molar refractivity (Wildman–Crippen MR) is 70.2 cm³/mol. The highest BCUT2D eigenvalue weighted by atomic mass is 79.9. The van der Waals surface area contributed by atoms with E-state index in [4.69, 9.17) is 0 Å². The van der Waals surface area contributed by atoms with Crippen LogP contribution in [0.3, 0.4) is 0 Å². The molecule has 1 aromatic carbocycles. The number of aliphatic hydroxyl groups is 1. The fourth-order valence-electron chi connectivity index (χ4n) is 1.93. The molecule has 8 heteroatoms. The summed E-state index contributed by atoms with van der Waals surface area (Å²) in [5.41, 5.74) is -0.788. The molecule has 0 aliphatic carbocycles. The molecule has 3 N–H and O–H groups in total. The lowest BCUT2D eigenvalue weighted by Crippen LogP contribution is -2.35. The van der Waals surface area contributed by atoms with Gasteiger partial charge in [0.2, 0.25) is 5.91 Å². The summed E-state index contributed by atoms with van der Waals surface area (Å²) < 4.78 is 38.2. The second-order valence-electron chi connectivity index (χ2n) is 4.53. The minimum Gasteiger partial charge on any atom is -0.392 e. The zero-order valence-electron chi connectivity index (χ0n) is 10.2. The summed E-state index contributed by atoms with van der Waals surface area (Å²) in [6.07, 6.45) is -4.85. The lowest BCUT2D eigenvalue weighted by Gasteiger charge is -2.14. The van der Waals surface area contributed by atoms with Gasteiger partial charge in [0.05, 0.1) is 23.4 Å². The Labute approximate surface area is 121 Å². The average Bonchev–Trinajstić information content (AvgIpc) is 2.77. The van der Waals surface area contributed by atoms with E-state index in [2.05, 4.69) is 26.6 Å². The molecule has 2 unspecified atom stereocenters. The summed E-state index contributed by atoms with van der Waals surface area (Å²) in [5, 5.41) is 14.5. The van der Waals surface area contributed by atoms with Crippen molar-refractivity contribution in [3.8, 4) is 0 Å². The Morgan fingerprint density at radius 2 is 2.15 bits per heavy atom. The van der Waals surface area contributed by atoms with Crippen LogP contribution in [0.4, 0.5) is 18.9 Å². The molecule has 20 heavy (non-hydrogen) atoms. The number of halogens is 4. The van der Waals surface area contributed by atoms with Gasteiger partial charge in [0.15, 0.2) is 0 Å². The summed E-state index contributed by atoms with van der Waals surface area (Å²) in [7, 11) is 0. The maximum absolute atomic E-state index is 12.6. The van der Waals surface area contributed by atoms with Crippen molar-refractivity contribution in [1.82, 2.24) is 5.32 Å². The van der Waals surface area contributed by atoms with Gasteiger partial charge in [-0.15, -0.1) is 0 Å². The van der Waals surface area contributed by atoms with Crippen molar-refractivity contribution in [2.75, 3.05) is 11.9 Å². The van der Waals surface area contributed by atoms with Gasteiger partial charge in [0.25, 0.3) is 0 Å². The van der Waals surface area contributed by atoms with Crippen LogP contribution < -0.4 is 10.6 Å². The first kappa shape index (κ1) is 15.3. The van der Waals surface area contributed by atoms with Crippen LogP contribution in [0, 0.1) is 0 Å². The number of rotatable bonds is 2. The van der Waals surface area contributed by atoms with Gasteiger partial charge in [-0.25, -0.2) is 0 Å². The third-order valence-electron chi connectivity index (χ3n) is 2.98. The fourth-order valence-corrected chi connectivity index (χ4v) is 2.28. The van der Waals surface area contributed by atoms with E-state index in [0.717, 1.165) is 12.1 Å². The molecule has 1 aliphatic rings. The molecule has 2 rings (SSSR count). The zero-order valence-corrected chi connectivity index (χ0v) is 11.8. The van der Waals surface area contributed by atoms with Crippen molar-refractivity contribution in [1.29, 1.82) is 0 Å². The molecule has 4 nitrogen and oxygen atoms in total. The summed E-state index contributed by atoms with van der Waals surface area (Å²) in [5.74, 6) is -0.471. The van der Waals surface area contributed by atoms with Crippen molar-refractivity contribution in [3.05, 3.63) is 28.2 Å². The minimum atomic E-state index is -4.47. The van der Waals surface area contributed by atoms with E-state index in [1.807, 2.05) is 0 Å². The number of benzene rings is 1. The Morgan fingerprint density at radius 1 is 1.45 bits per heavy atom. The third-order valence-corrected chi connectivity index (χ3v) is 3.67. The van der Waals surface area contributed by atoms with Crippen LogP contribution in [-0.2, 0) is 11.0 Å². The summed E-state index contributed by atoms with van der Waals surface area (Å²) >= 11 is 3.09. The van der Waals surface area contributed by atoms with Crippen LogP contribution in [0.1, 0.15) is 12.0 Å². The Morgan fingerprint density at radius 3 is 2.70 bits per heavy atom. The van der Waals surface area contributed by atoms with Gasteiger partial charge in [0.1, 0.15) is 0 Å².